The first-order valence-electron chi connectivity index (χ1n) is 4.07. The first kappa shape index (κ1) is 8.85. The summed E-state index contributed by atoms with van der Waals surface area (Å²) < 4.78 is 5.31. The van der Waals surface area contributed by atoms with Gasteiger partial charge in [-0.3, -0.25) is 0 Å². The Labute approximate surface area is 73.4 Å². The van der Waals surface area contributed by atoms with E-state index in [0.29, 0.717) is 0 Å². The molecule has 0 aromatic carbocycles. The van der Waals surface area contributed by atoms with Crippen LogP contribution in [-0.2, 0) is 12.8 Å². The van der Waals surface area contributed by atoms with E-state index >= 15 is 0 Å². The number of aryl methyl sites for hydroxylation is 1. The normalized spacial score (nSPS) is 9.75. The van der Waals surface area contributed by atoms with Gasteiger partial charge in [0.15, 0.2) is 0 Å². The molecule has 0 saturated heterocycles. The maximum Gasteiger partial charge on any atom is 0.104 e. The zero-order valence-corrected chi connectivity index (χ0v) is 7.47. The Morgan fingerprint density at radius 2 is 2.00 bits per heavy atom. The lowest BCUT2D eigenvalue weighted by atomic mass is 10.1. The fourth-order valence-corrected chi connectivity index (χ4v) is 1.27. The summed E-state index contributed by atoms with van der Waals surface area (Å²) in [5.74, 6) is 0.992. The minimum absolute atomic E-state index is 0.876. The van der Waals surface area contributed by atoms with Gasteiger partial charge >= 0.3 is 0 Å². The van der Waals surface area contributed by atoms with Crippen molar-refractivity contribution in [2.75, 3.05) is 0 Å². The van der Waals surface area contributed by atoms with Gasteiger partial charge in [0.1, 0.15) is 5.76 Å². The van der Waals surface area contributed by atoms with Crippen molar-refractivity contribution in [3.05, 3.63) is 48.5 Å². The molecule has 0 N–H and O–H groups in total. The highest BCUT2D eigenvalue weighted by atomic mass is 16.3. The van der Waals surface area contributed by atoms with E-state index in [0.717, 1.165) is 18.6 Å². The Morgan fingerprint density at radius 3 is 2.58 bits per heavy atom. The standard InChI is InChI=1S/C11H14O/c1-4-6-10-8-12-9(3)11(10)7-5-2/h4-5,8H,1-2,6-7H2,3H3. The zero-order valence-electron chi connectivity index (χ0n) is 7.47. The van der Waals surface area contributed by atoms with Crippen molar-refractivity contribution >= 4 is 0 Å². The van der Waals surface area contributed by atoms with Gasteiger partial charge < -0.3 is 4.42 Å². The second kappa shape index (κ2) is 3.96. The van der Waals surface area contributed by atoms with Crippen LogP contribution in [-0.4, -0.2) is 0 Å². The number of hydrogen-bond donors (Lipinski definition) is 0. The van der Waals surface area contributed by atoms with Gasteiger partial charge in [-0.1, -0.05) is 12.2 Å². The monoisotopic (exact) mass is 162 g/mol. The number of furan rings is 1. The Hall–Kier alpha value is -1.24. The van der Waals surface area contributed by atoms with Crippen LogP contribution in [0.3, 0.4) is 0 Å². The zero-order chi connectivity index (χ0) is 8.97. The topological polar surface area (TPSA) is 13.1 Å². The first-order chi connectivity index (χ1) is 5.79. The van der Waals surface area contributed by atoms with Gasteiger partial charge in [0.05, 0.1) is 6.26 Å². The average molecular weight is 162 g/mol. The molecule has 0 aliphatic rings. The lowest BCUT2D eigenvalue weighted by molar-refractivity contribution is 0.529. The molecule has 1 heteroatoms. The molecule has 0 saturated carbocycles. The molecule has 0 aliphatic carbocycles. The van der Waals surface area contributed by atoms with Crippen molar-refractivity contribution in [1.29, 1.82) is 0 Å². The summed E-state index contributed by atoms with van der Waals surface area (Å²) in [4.78, 5) is 0. The molecule has 0 radical (unpaired) electrons. The van der Waals surface area contributed by atoms with E-state index < -0.39 is 0 Å². The lowest BCUT2D eigenvalue weighted by Crippen LogP contribution is -1.87. The molecule has 0 bridgehead atoms. The molecule has 1 aromatic rings. The summed E-state index contributed by atoms with van der Waals surface area (Å²) in [6, 6.07) is 0. The van der Waals surface area contributed by atoms with Crippen molar-refractivity contribution < 1.29 is 4.42 Å². The van der Waals surface area contributed by atoms with E-state index in [1.54, 1.807) is 6.26 Å². The van der Waals surface area contributed by atoms with Gasteiger partial charge in [-0.2, -0.15) is 0 Å². The highest BCUT2D eigenvalue weighted by molar-refractivity contribution is 5.30. The van der Waals surface area contributed by atoms with E-state index in [4.69, 9.17) is 4.42 Å². The van der Waals surface area contributed by atoms with Crippen LogP contribution in [0.25, 0.3) is 0 Å². The molecule has 0 fully saturated rings. The summed E-state index contributed by atoms with van der Waals surface area (Å²) in [6.45, 7) is 9.39. The first-order valence-corrected chi connectivity index (χ1v) is 4.07. The van der Waals surface area contributed by atoms with Crippen molar-refractivity contribution in [3.63, 3.8) is 0 Å². The van der Waals surface area contributed by atoms with Gasteiger partial charge in [-0.05, 0) is 25.3 Å². The number of rotatable bonds is 4. The van der Waals surface area contributed by atoms with Crippen LogP contribution in [0, 0.1) is 6.92 Å². The van der Waals surface area contributed by atoms with Crippen LogP contribution >= 0.6 is 0 Å². The SMILES string of the molecule is C=CCc1coc(C)c1CC=C. The Bertz CT molecular complexity index is 281. The molecule has 64 valence electrons. The van der Waals surface area contributed by atoms with Crippen molar-refractivity contribution in [2.45, 2.75) is 19.8 Å². The molecular weight excluding hydrogens is 148 g/mol. The Balaban J connectivity index is 2.94. The fraction of sp³-hybridized carbons (Fsp3) is 0.273. The molecule has 1 nitrogen and oxygen atoms in total. The molecule has 0 unspecified atom stereocenters. The molecule has 0 amide bonds. The second-order valence-electron chi connectivity index (χ2n) is 2.78. The summed E-state index contributed by atoms with van der Waals surface area (Å²) in [6.07, 6.45) is 7.34. The van der Waals surface area contributed by atoms with Crippen LogP contribution in [0.5, 0.6) is 0 Å². The number of hydrogen-bond acceptors (Lipinski definition) is 1. The van der Waals surface area contributed by atoms with E-state index in [9.17, 15) is 0 Å². The van der Waals surface area contributed by atoms with Crippen LogP contribution < -0.4 is 0 Å². The fourth-order valence-electron chi connectivity index (χ4n) is 1.27. The van der Waals surface area contributed by atoms with Gasteiger partial charge in [0, 0.05) is 5.56 Å². The van der Waals surface area contributed by atoms with Gasteiger partial charge in [0.2, 0.25) is 0 Å². The molecule has 1 rings (SSSR count). The predicted octanol–water partition coefficient (Wildman–Crippen LogP) is 3.05. The van der Waals surface area contributed by atoms with Crippen molar-refractivity contribution in [1.82, 2.24) is 0 Å². The molecule has 0 atom stereocenters. The average Bonchev–Trinajstić information content (AvgIpc) is 2.37. The molecule has 1 aromatic heterocycles. The summed E-state index contributed by atoms with van der Waals surface area (Å²) >= 11 is 0. The third-order valence-corrected chi connectivity index (χ3v) is 1.90. The smallest absolute Gasteiger partial charge is 0.104 e. The quantitative estimate of drug-likeness (QED) is 0.620. The molecule has 12 heavy (non-hydrogen) atoms. The largest absolute Gasteiger partial charge is 0.469 e. The lowest BCUT2D eigenvalue weighted by Gasteiger charge is -1.96. The van der Waals surface area contributed by atoms with Crippen LogP contribution in [0.4, 0.5) is 0 Å². The minimum Gasteiger partial charge on any atom is -0.469 e. The van der Waals surface area contributed by atoms with E-state index in [1.165, 1.54) is 11.1 Å². The molecule has 1 heterocycles. The highest BCUT2D eigenvalue weighted by Gasteiger charge is 2.06. The Kier molecular flexibility index (Phi) is 2.92. The van der Waals surface area contributed by atoms with Gasteiger partial charge in [0.25, 0.3) is 0 Å². The maximum atomic E-state index is 5.31. The van der Waals surface area contributed by atoms with E-state index in [1.807, 2.05) is 19.1 Å². The molecular formula is C11H14O. The molecule has 0 spiro atoms. The van der Waals surface area contributed by atoms with E-state index in [2.05, 4.69) is 13.2 Å². The predicted molar refractivity (Wildman–Crippen MR) is 51.2 cm³/mol. The third-order valence-electron chi connectivity index (χ3n) is 1.90. The van der Waals surface area contributed by atoms with Crippen LogP contribution in [0.2, 0.25) is 0 Å². The van der Waals surface area contributed by atoms with Crippen LogP contribution in [0.15, 0.2) is 36.0 Å². The Morgan fingerprint density at radius 1 is 1.33 bits per heavy atom. The van der Waals surface area contributed by atoms with E-state index in [-0.39, 0.29) is 0 Å². The molecule has 0 aliphatic heterocycles. The highest BCUT2D eigenvalue weighted by Crippen LogP contribution is 2.18. The summed E-state index contributed by atoms with van der Waals surface area (Å²) in [5.41, 5.74) is 2.48. The van der Waals surface area contributed by atoms with Gasteiger partial charge in [-0.15, -0.1) is 13.2 Å². The summed E-state index contributed by atoms with van der Waals surface area (Å²) in [5, 5.41) is 0. The van der Waals surface area contributed by atoms with Crippen LogP contribution in [0.1, 0.15) is 16.9 Å². The van der Waals surface area contributed by atoms with Crippen molar-refractivity contribution in [2.24, 2.45) is 0 Å². The van der Waals surface area contributed by atoms with Gasteiger partial charge in [-0.25, -0.2) is 0 Å². The third kappa shape index (κ3) is 1.67. The minimum atomic E-state index is 0.876. The second-order valence-corrected chi connectivity index (χ2v) is 2.78. The summed E-state index contributed by atoms with van der Waals surface area (Å²) in [7, 11) is 0. The van der Waals surface area contributed by atoms with Crippen molar-refractivity contribution in [3.8, 4) is 0 Å². The maximum absolute atomic E-state index is 5.31. The number of allylic oxidation sites excluding steroid dienone is 2.